The minimum Gasteiger partial charge on any atom is -0.352 e. The smallest absolute Gasteiger partial charge is 0.352 e. The number of hydrogen-bond acceptors (Lipinski definition) is 2. The number of hydrogen-bond donors (Lipinski definition) is 1. The highest BCUT2D eigenvalue weighted by Gasteiger charge is 2.26. The summed E-state index contributed by atoms with van der Waals surface area (Å²) in [6.07, 6.45) is -2.76. The van der Waals surface area contributed by atoms with E-state index >= 15 is 0 Å². The number of carbonyl (C=O) groups is 1. The molecule has 0 aliphatic carbocycles. The van der Waals surface area contributed by atoms with Crippen LogP contribution in [0.2, 0.25) is 5.02 Å². The largest absolute Gasteiger partial charge is 0.390 e. The third kappa shape index (κ3) is 4.06. The summed E-state index contributed by atoms with van der Waals surface area (Å²) in [7, 11) is 0. The Bertz CT molecular complexity index is 381. The van der Waals surface area contributed by atoms with E-state index in [9.17, 15) is 18.0 Å². The van der Waals surface area contributed by atoms with Gasteiger partial charge < -0.3 is 5.32 Å². The van der Waals surface area contributed by atoms with E-state index in [1.165, 1.54) is 18.5 Å². The van der Waals surface area contributed by atoms with Crippen LogP contribution in [0, 0.1) is 0 Å². The number of halogens is 4. The summed E-state index contributed by atoms with van der Waals surface area (Å²) in [6.45, 7) is -0.471. The van der Waals surface area contributed by atoms with E-state index < -0.39 is 25.0 Å². The van der Waals surface area contributed by atoms with Crippen molar-refractivity contribution in [2.45, 2.75) is 12.6 Å². The fourth-order valence-corrected chi connectivity index (χ4v) is 1.18. The minimum absolute atomic E-state index is 0.104. The number of amides is 1. The highest BCUT2D eigenvalue weighted by atomic mass is 35.5. The molecule has 0 aliphatic heterocycles. The Morgan fingerprint density at radius 2 is 2.19 bits per heavy atom. The second kappa shape index (κ2) is 5.16. The van der Waals surface area contributed by atoms with Gasteiger partial charge in [0, 0.05) is 18.9 Å². The van der Waals surface area contributed by atoms with E-state index in [4.69, 9.17) is 11.6 Å². The molecule has 0 spiro atoms. The lowest BCUT2D eigenvalue weighted by Gasteiger charge is -2.08. The van der Waals surface area contributed by atoms with Gasteiger partial charge in [0.1, 0.15) is 0 Å². The van der Waals surface area contributed by atoms with Crippen LogP contribution in [0.15, 0.2) is 18.5 Å². The van der Waals surface area contributed by atoms with E-state index in [1.807, 2.05) is 0 Å². The third-order valence-electron chi connectivity index (χ3n) is 1.71. The predicted molar refractivity (Wildman–Crippen MR) is 52.3 cm³/mol. The molecule has 1 heterocycles. The Morgan fingerprint density at radius 3 is 2.75 bits per heavy atom. The first-order valence-electron chi connectivity index (χ1n) is 4.34. The van der Waals surface area contributed by atoms with Gasteiger partial charge in [0.15, 0.2) is 0 Å². The Labute approximate surface area is 94.6 Å². The highest BCUT2D eigenvalue weighted by Crippen LogP contribution is 2.18. The number of nitrogens with zero attached hydrogens (tertiary/aromatic N) is 1. The van der Waals surface area contributed by atoms with Crippen molar-refractivity contribution >= 4 is 17.5 Å². The van der Waals surface area contributed by atoms with Crippen LogP contribution in [-0.4, -0.2) is 23.6 Å². The molecule has 1 amide bonds. The fourth-order valence-electron chi connectivity index (χ4n) is 0.972. The van der Waals surface area contributed by atoms with E-state index in [-0.39, 0.29) is 10.6 Å². The van der Waals surface area contributed by atoms with Gasteiger partial charge in [-0.15, -0.1) is 0 Å². The molecule has 0 bridgehead atoms. The number of alkyl halides is 3. The molecule has 1 aromatic rings. The second-order valence-electron chi connectivity index (χ2n) is 2.98. The molecule has 0 radical (unpaired) electrons. The van der Waals surface area contributed by atoms with E-state index in [0.717, 1.165) is 0 Å². The molecule has 0 aromatic carbocycles. The molecule has 88 valence electrons. The number of carbonyl (C=O) groups excluding carboxylic acids is 1. The molecule has 7 heteroatoms. The molecule has 0 aliphatic rings. The maximum Gasteiger partial charge on any atom is 0.390 e. The van der Waals surface area contributed by atoms with Crippen molar-refractivity contribution < 1.29 is 18.0 Å². The molecular weight excluding hydrogens is 245 g/mol. The maximum atomic E-state index is 11.8. The zero-order chi connectivity index (χ0) is 12.2. The van der Waals surface area contributed by atoms with Gasteiger partial charge in [-0.2, -0.15) is 13.2 Å². The number of aromatic nitrogens is 1. The SMILES string of the molecule is O=C(NCCC(F)(F)F)c1ccncc1Cl. The Balaban J connectivity index is 2.51. The summed E-state index contributed by atoms with van der Waals surface area (Å²) >= 11 is 5.64. The zero-order valence-corrected chi connectivity index (χ0v) is 8.77. The monoisotopic (exact) mass is 252 g/mol. The van der Waals surface area contributed by atoms with Crippen molar-refractivity contribution in [3.8, 4) is 0 Å². The van der Waals surface area contributed by atoms with Gasteiger partial charge in [0.05, 0.1) is 17.0 Å². The van der Waals surface area contributed by atoms with Gasteiger partial charge in [0.2, 0.25) is 0 Å². The molecule has 1 rings (SSSR count). The van der Waals surface area contributed by atoms with Crippen molar-refractivity contribution in [2.24, 2.45) is 0 Å². The summed E-state index contributed by atoms with van der Waals surface area (Å²) in [6, 6.07) is 1.34. The topological polar surface area (TPSA) is 42.0 Å². The number of pyridine rings is 1. The zero-order valence-electron chi connectivity index (χ0n) is 8.01. The van der Waals surface area contributed by atoms with Crippen molar-refractivity contribution in [3.05, 3.63) is 29.0 Å². The van der Waals surface area contributed by atoms with Crippen molar-refractivity contribution in [3.63, 3.8) is 0 Å². The Hall–Kier alpha value is -1.30. The first kappa shape index (κ1) is 12.8. The van der Waals surface area contributed by atoms with Gasteiger partial charge >= 0.3 is 6.18 Å². The molecule has 0 saturated heterocycles. The first-order chi connectivity index (χ1) is 7.40. The van der Waals surface area contributed by atoms with Crippen LogP contribution in [0.25, 0.3) is 0 Å². The summed E-state index contributed by atoms with van der Waals surface area (Å²) in [5, 5.41) is 2.23. The molecule has 1 N–H and O–H groups in total. The Morgan fingerprint density at radius 1 is 1.50 bits per heavy atom. The standard InChI is InChI=1S/C9H8ClF3N2O/c10-7-5-14-3-1-6(7)8(16)15-4-2-9(11,12)13/h1,3,5H,2,4H2,(H,15,16). The lowest BCUT2D eigenvalue weighted by molar-refractivity contribution is -0.132. The average molecular weight is 253 g/mol. The first-order valence-corrected chi connectivity index (χ1v) is 4.72. The van der Waals surface area contributed by atoms with Crippen molar-refractivity contribution in [2.75, 3.05) is 6.54 Å². The van der Waals surface area contributed by atoms with Crippen LogP contribution < -0.4 is 5.32 Å². The molecule has 3 nitrogen and oxygen atoms in total. The average Bonchev–Trinajstić information content (AvgIpc) is 2.16. The van der Waals surface area contributed by atoms with Crippen LogP contribution >= 0.6 is 11.6 Å². The minimum atomic E-state index is -4.28. The molecule has 0 unspecified atom stereocenters. The van der Waals surface area contributed by atoms with Crippen molar-refractivity contribution in [1.29, 1.82) is 0 Å². The van der Waals surface area contributed by atoms with Crippen LogP contribution in [0.5, 0.6) is 0 Å². The van der Waals surface area contributed by atoms with E-state index in [0.29, 0.717) is 0 Å². The van der Waals surface area contributed by atoms with Crippen LogP contribution in [0.1, 0.15) is 16.8 Å². The second-order valence-corrected chi connectivity index (χ2v) is 3.38. The molecule has 0 atom stereocenters. The summed E-state index contributed by atoms with van der Waals surface area (Å²) in [5.74, 6) is -0.642. The lowest BCUT2D eigenvalue weighted by Crippen LogP contribution is -2.28. The van der Waals surface area contributed by atoms with Crippen LogP contribution in [0.3, 0.4) is 0 Å². The van der Waals surface area contributed by atoms with E-state index in [2.05, 4.69) is 10.3 Å². The summed E-state index contributed by atoms with van der Waals surface area (Å²) in [5.41, 5.74) is 0.110. The summed E-state index contributed by atoms with van der Waals surface area (Å²) < 4.78 is 35.4. The highest BCUT2D eigenvalue weighted by molar-refractivity contribution is 6.33. The van der Waals surface area contributed by atoms with Gasteiger partial charge in [-0.3, -0.25) is 9.78 Å². The van der Waals surface area contributed by atoms with Crippen molar-refractivity contribution in [1.82, 2.24) is 10.3 Å². The normalized spacial score (nSPS) is 11.2. The van der Waals surface area contributed by atoms with Gasteiger partial charge in [-0.05, 0) is 6.07 Å². The lowest BCUT2D eigenvalue weighted by atomic mass is 10.2. The Kier molecular flexibility index (Phi) is 4.12. The third-order valence-corrected chi connectivity index (χ3v) is 2.01. The number of nitrogens with one attached hydrogen (secondary N) is 1. The maximum absolute atomic E-state index is 11.8. The quantitative estimate of drug-likeness (QED) is 0.898. The molecular formula is C9H8ClF3N2O. The molecule has 0 saturated carbocycles. The number of rotatable bonds is 3. The predicted octanol–water partition coefficient (Wildman–Crippen LogP) is 2.42. The molecule has 16 heavy (non-hydrogen) atoms. The fraction of sp³-hybridized carbons (Fsp3) is 0.333. The van der Waals surface area contributed by atoms with Gasteiger partial charge in [-0.25, -0.2) is 0 Å². The summed E-state index contributed by atoms with van der Waals surface area (Å²) in [4.78, 5) is 15.0. The molecule has 0 fully saturated rings. The van der Waals surface area contributed by atoms with Crippen LogP contribution in [0.4, 0.5) is 13.2 Å². The van der Waals surface area contributed by atoms with E-state index in [1.54, 1.807) is 0 Å². The van der Waals surface area contributed by atoms with Gasteiger partial charge in [-0.1, -0.05) is 11.6 Å². The van der Waals surface area contributed by atoms with Gasteiger partial charge in [0.25, 0.3) is 5.91 Å². The van der Waals surface area contributed by atoms with Crippen LogP contribution in [-0.2, 0) is 0 Å². The molecule has 1 aromatic heterocycles.